The van der Waals surface area contributed by atoms with E-state index in [9.17, 15) is 8.42 Å². The summed E-state index contributed by atoms with van der Waals surface area (Å²) in [6, 6.07) is 4.67. The molecule has 0 spiro atoms. The molecule has 7 heteroatoms. The number of rotatable bonds is 6. The number of benzene rings is 1. The summed E-state index contributed by atoms with van der Waals surface area (Å²) < 4.78 is 38.2. The maximum Gasteiger partial charge on any atom is 0.240 e. The number of alkyl halides is 1. The van der Waals surface area contributed by atoms with Crippen molar-refractivity contribution in [1.29, 1.82) is 0 Å². The normalized spacial score (nSPS) is 15.0. The maximum absolute atomic E-state index is 12.3. The first kappa shape index (κ1) is 16.6. The van der Waals surface area contributed by atoms with Crippen LogP contribution < -0.4 is 14.2 Å². The lowest BCUT2D eigenvalue weighted by molar-refractivity contribution is 0.171. The van der Waals surface area contributed by atoms with E-state index < -0.39 is 10.0 Å². The second-order valence-corrected chi connectivity index (χ2v) is 8.29. The van der Waals surface area contributed by atoms with Crippen molar-refractivity contribution >= 4 is 26.0 Å². The van der Waals surface area contributed by atoms with E-state index in [4.69, 9.17) is 9.47 Å². The van der Waals surface area contributed by atoms with Crippen LogP contribution in [0.4, 0.5) is 0 Å². The molecule has 0 saturated carbocycles. The lowest BCUT2D eigenvalue weighted by Gasteiger charge is -2.24. The van der Waals surface area contributed by atoms with Gasteiger partial charge < -0.3 is 9.47 Å². The van der Waals surface area contributed by atoms with Gasteiger partial charge in [0.1, 0.15) is 13.2 Å². The van der Waals surface area contributed by atoms with Crippen LogP contribution in [0, 0.1) is 5.41 Å². The molecule has 21 heavy (non-hydrogen) atoms. The highest BCUT2D eigenvalue weighted by atomic mass is 79.9. The van der Waals surface area contributed by atoms with E-state index in [0.717, 1.165) is 11.8 Å². The van der Waals surface area contributed by atoms with Crippen molar-refractivity contribution < 1.29 is 17.9 Å². The Morgan fingerprint density at radius 1 is 1.24 bits per heavy atom. The predicted molar refractivity (Wildman–Crippen MR) is 84.8 cm³/mol. The van der Waals surface area contributed by atoms with Crippen molar-refractivity contribution in [3.05, 3.63) is 18.2 Å². The van der Waals surface area contributed by atoms with Crippen molar-refractivity contribution in [2.75, 3.05) is 25.1 Å². The molecule has 5 nitrogen and oxygen atoms in total. The first-order valence-corrected chi connectivity index (χ1v) is 9.40. The highest BCUT2D eigenvalue weighted by Gasteiger charge is 2.23. The lowest BCUT2D eigenvalue weighted by Crippen LogP contribution is -2.34. The molecule has 0 bridgehead atoms. The number of sulfonamides is 1. The minimum atomic E-state index is -3.55. The number of ether oxygens (including phenoxy) is 2. The van der Waals surface area contributed by atoms with Gasteiger partial charge in [0, 0.05) is 17.9 Å². The maximum atomic E-state index is 12.3. The van der Waals surface area contributed by atoms with Gasteiger partial charge in [-0.1, -0.05) is 29.8 Å². The summed E-state index contributed by atoms with van der Waals surface area (Å²) in [5.74, 6) is 1.06. The van der Waals surface area contributed by atoms with Crippen molar-refractivity contribution in [3.8, 4) is 11.5 Å². The third kappa shape index (κ3) is 4.34. The first-order valence-electron chi connectivity index (χ1n) is 6.79. The van der Waals surface area contributed by atoms with Gasteiger partial charge in [-0.05, 0) is 24.0 Å². The predicted octanol–water partition coefficient (Wildman–Crippen LogP) is 2.55. The molecule has 1 aliphatic rings. The Kier molecular flexibility index (Phi) is 5.16. The largest absolute Gasteiger partial charge is 0.486 e. The summed E-state index contributed by atoms with van der Waals surface area (Å²) in [5.41, 5.74) is -0.107. The Morgan fingerprint density at radius 3 is 2.57 bits per heavy atom. The van der Waals surface area contributed by atoms with Crippen LogP contribution in [0.3, 0.4) is 0 Å². The Labute approximate surface area is 134 Å². The Bertz CT molecular complexity index is 601. The fourth-order valence-electron chi connectivity index (χ4n) is 1.91. The van der Waals surface area contributed by atoms with Crippen molar-refractivity contribution in [1.82, 2.24) is 4.72 Å². The average Bonchev–Trinajstić information content (AvgIpc) is 2.45. The molecule has 0 unspecified atom stereocenters. The highest BCUT2D eigenvalue weighted by molar-refractivity contribution is 9.09. The quantitative estimate of drug-likeness (QED) is 0.773. The highest BCUT2D eigenvalue weighted by Crippen LogP contribution is 2.32. The summed E-state index contributed by atoms with van der Waals surface area (Å²) in [6.07, 6.45) is 0.886. The first-order chi connectivity index (χ1) is 9.84. The molecule has 1 aliphatic heterocycles. The molecule has 0 amide bonds. The second kappa shape index (κ2) is 6.54. The number of halogens is 1. The molecular weight excluding hydrogens is 358 g/mol. The van der Waals surface area contributed by atoms with Crippen molar-refractivity contribution in [2.24, 2.45) is 5.41 Å². The van der Waals surface area contributed by atoms with Gasteiger partial charge in [0.15, 0.2) is 11.5 Å². The van der Waals surface area contributed by atoms with Gasteiger partial charge in [-0.25, -0.2) is 13.1 Å². The van der Waals surface area contributed by atoms with Crippen LogP contribution in [0.5, 0.6) is 11.5 Å². The molecule has 0 radical (unpaired) electrons. The van der Waals surface area contributed by atoms with Gasteiger partial charge in [-0.2, -0.15) is 0 Å². The van der Waals surface area contributed by atoms with Gasteiger partial charge in [0.05, 0.1) is 4.90 Å². The third-order valence-corrected chi connectivity index (χ3v) is 5.13. The monoisotopic (exact) mass is 377 g/mol. The van der Waals surface area contributed by atoms with Crippen LogP contribution in [0.25, 0.3) is 0 Å². The smallest absolute Gasteiger partial charge is 0.240 e. The molecule has 1 N–H and O–H groups in total. The minimum absolute atomic E-state index is 0.107. The van der Waals surface area contributed by atoms with E-state index in [2.05, 4.69) is 20.7 Å². The van der Waals surface area contributed by atoms with Crippen LogP contribution >= 0.6 is 15.9 Å². The number of hydrogen-bond donors (Lipinski definition) is 1. The van der Waals surface area contributed by atoms with Crippen LogP contribution in [-0.4, -0.2) is 33.5 Å². The zero-order valence-corrected chi connectivity index (χ0v) is 14.6. The molecule has 2 rings (SSSR count). The van der Waals surface area contributed by atoms with E-state index >= 15 is 0 Å². The van der Waals surface area contributed by atoms with Crippen LogP contribution in [-0.2, 0) is 10.0 Å². The Balaban J connectivity index is 2.12. The molecule has 0 aliphatic carbocycles. The third-order valence-electron chi connectivity index (χ3n) is 3.34. The van der Waals surface area contributed by atoms with Gasteiger partial charge in [-0.3, -0.25) is 0 Å². The fraction of sp³-hybridized carbons (Fsp3) is 0.571. The Hall–Kier alpha value is -0.790. The summed E-state index contributed by atoms with van der Waals surface area (Å²) in [7, 11) is -3.55. The van der Waals surface area contributed by atoms with Gasteiger partial charge >= 0.3 is 0 Å². The molecule has 0 fully saturated rings. The topological polar surface area (TPSA) is 64.6 Å². The zero-order valence-electron chi connectivity index (χ0n) is 12.2. The molecular formula is C14H20BrNO4S. The second-order valence-electron chi connectivity index (χ2n) is 5.73. The Morgan fingerprint density at radius 2 is 1.90 bits per heavy atom. The van der Waals surface area contributed by atoms with E-state index in [1.165, 1.54) is 12.1 Å². The zero-order chi connectivity index (χ0) is 15.5. The van der Waals surface area contributed by atoms with E-state index in [0.29, 0.717) is 31.3 Å². The standard InChI is InChI=1S/C14H20BrNO4S/c1-14(2,5-6-15)10-16-21(17,18)11-3-4-12-13(9-11)20-8-7-19-12/h3-4,9,16H,5-8,10H2,1-2H3. The van der Waals surface area contributed by atoms with Crippen LogP contribution in [0.2, 0.25) is 0 Å². The van der Waals surface area contributed by atoms with E-state index in [1.54, 1.807) is 6.07 Å². The molecule has 1 aromatic carbocycles. The fourth-order valence-corrected chi connectivity index (χ4v) is 4.24. The van der Waals surface area contributed by atoms with Gasteiger partial charge in [-0.15, -0.1) is 0 Å². The SMILES string of the molecule is CC(C)(CCBr)CNS(=O)(=O)c1ccc2c(c1)OCCO2. The number of hydrogen-bond acceptors (Lipinski definition) is 4. The summed E-state index contributed by atoms with van der Waals surface area (Å²) in [6.45, 7) is 5.36. The molecule has 118 valence electrons. The van der Waals surface area contributed by atoms with Crippen molar-refractivity contribution in [3.63, 3.8) is 0 Å². The lowest BCUT2D eigenvalue weighted by atomic mass is 9.91. The molecule has 0 aromatic heterocycles. The van der Waals surface area contributed by atoms with Gasteiger partial charge in [0.2, 0.25) is 10.0 Å². The summed E-state index contributed by atoms with van der Waals surface area (Å²) in [5, 5.41) is 0.839. The van der Waals surface area contributed by atoms with Crippen LogP contribution in [0.15, 0.2) is 23.1 Å². The minimum Gasteiger partial charge on any atom is -0.486 e. The van der Waals surface area contributed by atoms with E-state index in [-0.39, 0.29) is 10.3 Å². The molecule has 0 saturated heterocycles. The molecule has 1 heterocycles. The van der Waals surface area contributed by atoms with Crippen molar-refractivity contribution in [2.45, 2.75) is 25.2 Å². The number of fused-ring (bicyclic) bond motifs is 1. The summed E-state index contributed by atoms with van der Waals surface area (Å²) >= 11 is 3.38. The average molecular weight is 378 g/mol. The molecule has 1 aromatic rings. The summed E-state index contributed by atoms with van der Waals surface area (Å²) in [4.78, 5) is 0.196. The molecule has 0 atom stereocenters. The van der Waals surface area contributed by atoms with Gasteiger partial charge in [0.25, 0.3) is 0 Å². The number of nitrogens with one attached hydrogen (secondary N) is 1. The van der Waals surface area contributed by atoms with E-state index in [1.807, 2.05) is 13.8 Å². The van der Waals surface area contributed by atoms with Crippen LogP contribution in [0.1, 0.15) is 20.3 Å².